The van der Waals surface area contributed by atoms with E-state index in [4.69, 9.17) is 9.15 Å². The summed E-state index contributed by atoms with van der Waals surface area (Å²) >= 11 is 2.48. The molecule has 0 spiro atoms. The predicted molar refractivity (Wildman–Crippen MR) is 117 cm³/mol. The summed E-state index contributed by atoms with van der Waals surface area (Å²) in [5, 5.41) is 3.56. The van der Waals surface area contributed by atoms with Crippen LogP contribution in [0.1, 0.15) is 6.92 Å². The van der Waals surface area contributed by atoms with Gasteiger partial charge in [0.25, 0.3) is 5.22 Å². The minimum Gasteiger partial charge on any atom is -0.497 e. The van der Waals surface area contributed by atoms with E-state index in [2.05, 4.69) is 15.3 Å². The number of benzene rings is 2. The van der Waals surface area contributed by atoms with E-state index in [0.717, 1.165) is 27.7 Å². The molecule has 0 unspecified atom stereocenters. The van der Waals surface area contributed by atoms with Crippen molar-refractivity contribution in [1.29, 1.82) is 0 Å². The van der Waals surface area contributed by atoms with Gasteiger partial charge in [-0.2, -0.15) is 0 Å². The molecule has 0 bridgehead atoms. The summed E-state index contributed by atoms with van der Waals surface area (Å²) in [6.07, 6.45) is 0. The third-order valence-corrected chi connectivity index (χ3v) is 7.74. The van der Waals surface area contributed by atoms with Crippen LogP contribution in [0.2, 0.25) is 0 Å². The average Bonchev–Trinajstić information content (AvgIpc) is 3.33. The number of rotatable bonds is 7. The molecule has 156 valence electrons. The number of hydrogen-bond acceptors (Lipinski definition) is 9. The Labute approximate surface area is 180 Å². The molecule has 4 rings (SSSR count). The lowest BCUT2D eigenvalue weighted by molar-refractivity contribution is -0.113. The Bertz CT molecular complexity index is 1340. The molecular formula is C19H17N3O5S3. The van der Waals surface area contributed by atoms with Crippen LogP contribution in [0.25, 0.3) is 21.3 Å². The molecule has 30 heavy (non-hydrogen) atoms. The minimum absolute atomic E-state index is 0.0106. The van der Waals surface area contributed by atoms with Crippen LogP contribution in [0.3, 0.4) is 0 Å². The largest absolute Gasteiger partial charge is 0.497 e. The van der Waals surface area contributed by atoms with Gasteiger partial charge in [-0.3, -0.25) is 4.79 Å². The van der Waals surface area contributed by atoms with Gasteiger partial charge < -0.3 is 14.5 Å². The lowest BCUT2D eigenvalue weighted by Gasteiger charge is -1.99. The van der Waals surface area contributed by atoms with E-state index in [9.17, 15) is 13.2 Å². The van der Waals surface area contributed by atoms with Gasteiger partial charge in [0.15, 0.2) is 20.6 Å². The van der Waals surface area contributed by atoms with Crippen LogP contribution in [0.15, 0.2) is 50.9 Å². The van der Waals surface area contributed by atoms with Crippen molar-refractivity contribution in [2.75, 3.05) is 23.9 Å². The van der Waals surface area contributed by atoms with E-state index < -0.39 is 9.84 Å². The van der Waals surface area contributed by atoms with Gasteiger partial charge in [0, 0.05) is 0 Å². The number of anilines is 1. The summed E-state index contributed by atoms with van der Waals surface area (Å²) in [6, 6.07) is 10.1. The highest BCUT2D eigenvalue weighted by Gasteiger charge is 2.16. The molecule has 4 aromatic rings. The lowest BCUT2D eigenvalue weighted by Crippen LogP contribution is -2.13. The van der Waals surface area contributed by atoms with Crippen LogP contribution in [-0.4, -0.2) is 42.9 Å². The fourth-order valence-electron chi connectivity index (χ4n) is 2.68. The third-order valence-electron chi connectivity index (χ3n) is 4.25. The van der Waals surface area contributed by atoms with Crippen LogP contribution in [0.5, 0.6) is 5.75 Å². The number of nitrogens with one attached hydrogen (secondary N) is 1. The molecule has 0 saturated carbocycles. The van der Waals surface area contributed by atoms with Gasteiger partial charge in [0.05, 0.1) is 33.7 Å². The number of thiazole rings is 1. The summed E-state index contributed by atoms with van der Waals surface area (Å²) < 4.78 is 35.7. The highest BCUT2D eigenvalue weighted by Crippen LogP contribution is 2.30. The van der Waals surface area contributed by atoms with Gasteiger partial charge >= 0.3 is 0 Å². The van der Waals surface area contributed by atoms with Crippen molar-refractivity contribution >= 4 is 65.3 Å². The number of hydrogen-bond donors (Lipinski definition) is 1. The first-order valence-corrected chi connectivity index (χ1v) is 12.3. The fourth-order valence-corrected chi connectivity index (χ4v) is 5.12. The fraction of sp³-hybridized carbons (Fsp3) is 0.211. The number of fused-ring (bicyclic) bond motifs is 2. The average molecular weight is 464 g/mol. The van der Waals surface area contributed by atoms with Gasteiger partial charge in [-0.15, -0.1) is 0 Å². The van der Waals surface area contributed by atoms with Crippen LogP contribution in [0, 0.1) is 0 Å². The van der Waals surface area contributed by atoms with Crippen LogP contribution < -0.4 is 10.1 Å². The predicted octanol–water partition coefficient (Wildman–Crippen LogP) is 3.97. The summed E-state index contributed by atoms with van der Waals surface area (Å²) in [7, 11) is -1.73. The first-order valence-electron chi connectivity index (χ1n) is 8.88. The molecule has 0 aliphatic heterocycles. The maximum Gasteiger partial charge on any atom is 0.257 e. The zero-order valence-corrected chi connectivity index (χ0v) is 18.5. The Balaban J connectivity index is 1.42. The molecule has 2 aromatic heterocycles. The Kier molecular flexibility index (Phi) is 5.67. The smallest absolute Gasteiger partial charge is 0.257 e. The second kappa shape index (κ2) is 8.25. The van der Waals surface area contributed by atoms with Crippen molar-refractivity contribution in [2.45, 2.75) is 17.0 Å². The van der Waals surface area contributed by atoms with Gasteiger partial charge in [0.1, 0.15) is 11.3 Å². The molecule has 8 nitrogen and oxygen atoms in total. The molecule has 0 saturated heterocycles. The normalized spacial score (nSPS) is 11.8. The molecule has 0 atom stereocenters. The molecule has 0 radical (unpaired) electrons. The molecule has 1 N–H and O–H groups in total. The van der Waals surface area contributed by atoms with Crippen molar-refractivity contribution in [2.24, 2.45) is 0 Å². The van der Waals surface area contributed by atoms with E-state index in [1.807, 2.05) is 18.2 Å². The van der Waals surface area contributed by atoms with Crippen LogP contribution in [-0.2, 0) is 14.6 Å². The van der Waals surface area contributed by atoms with Gasteiger partial charge in [-0.1, -0.05) is 30.0 Å². The Morgan fingerprint density at radius 2 is 2.03 bits per heavy atom. The van der Waals surface area contributed by atoms with E-state index in [1.165, 1.54) is 23.5 Å². The van der Waals surface area contributed by atoms with E-state index in [-0.39, 0.29) is 22.3 Å². The molecule has 11 heteroatoms. The maximum atomic E-state index is 12.3. The first-order chi connectivity index (χ1) is 14.4. The zero-order chi connectivity index (χ0) is 21.3. The number of amides is 1. The number of thioether (sulfide) groups is 1. The Morgan fingerprint density at radius 3 is 2.80 bits per heavy atom. The summed E-state index contributed by atoms with van der Waals surface area (Å²) in [5.41, 5.74) is 1.68. The second-order valence-electron chi connectivity index (χ2n) is 6.20. The molecule has 1 amide bonds. The van der Waals surface area contributed by atoms with Gasteiger partial charge in [-0.25, -0.2) is 18.4 Å². The monoisotopic (exact) mass is 463 g/mol. The Hall–Kier alpha value is -2.63. The van der Waals surface area contributed by atoms with Crippen LogP contribution >= 0.6 is 23.1 Å². The van der Waals surface area contributed by atoms with Crippen LogP contribution in [0.4, 0.5) is 5.13 Å². The molecule has 0 fully saturated rings. The molecule has 0 aliphatic carbocycles. The maximum absolute atomic E-state index is 12.3. The van der Waals surface area contributed by atoms with E-state index in [1.54, 1.807) is 20.1 Å². The quantitative estimate of drug-likeness (QED) is 0.410. The zero-order valence-electron chi connectivity index (χ0n) is 16.0. The van der Waals surface area contributed by atoms with E-state index in [0.29, 0.717) is 21.5 Å². The molecule has 0 aliphatic rings. The second-order valence-corrected chi connectivity index (χ2v) is 10.4. The SMILES string of the molecule is CCS(=O)(=O)c1ccc2oc(SCC(=O)Nc3nc4ccc(OC)cc4s3)nc2c1. The number of carbonyl (C=O) groups is 1. The minimum atomic E-state index is -3.32. The van der Waals surface area contributed by atoms with Crippen molar-refractivity contribution < 1.29 is 22.4 Å². The third kappa shape index (κ3) is 4.27. The van der Waals surface area contributed by atoms with Gasteiger partial charge in [0.2, 0.25) is 5.91 Å². The summed E-state index contributed by atoms with van der Waals surface area (Å²) in [6.45, 7) is 1.59. The van der Waals surface area contributed by atoms with Crippen molar-refractivity contribution in [3.05, 3.63) is 36.4 Å². The van der Waals surface area contributed by atoms with Crippen molar-refractivity contribution in [1.82, 2.24) is 9.97 Å². The number of sulfone groups is 1. The molecule has 2 heterocycles. The number of carbonyl (C=O) groups excluding carboxylic acids is 1. The van der Waals surface area contributed by atoms with Gasteiger partial charge in [-0.05, 0) is 36.4 Å². The number of aromatic nitrogens is 2. The lowest BCUT2D eigenvalue weighted by atomic mass is 10.3. The Morgan fingerprint density at radius 1 is 1.20 bits per heavy atom. The first kappa shape index (κ1) is 20.6. The number of methoxy groups -OCH3 is 1. The molecular weight excluding hydrogens is 446 g/mol. The van der Waals surface area contributed by atoms with Crippen molar-refractivity contribution in [3.63, 3.8) is 0 Å². The van der Waals surface area contributed by atoms with E-state index >= 15 is 0 Å². The number of nitrogens with zero attached hydrogens (tertiary/aromatic N) is 2. The standard InChI is InChI=1S/C19H17N3O5S3/c1-3-30(24,25)12-5-7-15-14(9-12)21-19(27-15)28-10-17(23)22-18-20-13-6-4-11(26-2)8-16(13)29-18/h4-9H,3,10H2,1-2H3,(H,20,22,23). The highest BCUT2D eigenvalue weighted by atomic mass is 32.2. The topological polar surface area (TPSA) is 111 Å². The summed E-state index contributed by atoms with van der Waals surface area (Å²) in [4.78, 5) is 21.2. The summed E-state index contributed by atoms with van der Waals surface area (Å²) in [5.74, 6) is 0.566. The highest BCUT2D eigenvalue weighted by molar-refractivity contribution is 7.99. The number of oxazole rings is 1. The number of ether oxygens (including phenoxy) is 1. The molecule has 2 aromatic carbocycles. The van der Waals surface area contributed by atoms with Crippen molar-refractivity contribution in [3.8, 4) is 5.75 Å².